The van der Waals surface area contributed by atoms with Crippen molar-refractivity contribution in [1.29, 1.82) is 0 Å². The Kier molecular flexibility index (Phi) is 6.99. The van der Waals surface area contributed by atoms with E-state index < -0.39 is 35.1 Å². The number of amides is 2. The molecule has 0 radical (unpaired) electrons. The number of ether oxygens (including phenoxy) is 1. The average Bonchev–Trinajstić information content (AvgIpc) is 2.72. The second-order valence-electron chi connectivity index (χ2n) is 7.40. The summed E-state index contributed by atoms with van der Waals surface area (Å²) < 4.78 is 33.3. The van der Waals surface area contributed by atoms with Crippen LogP contribution in [0.4, 0.5) is 20.2 Å². The van der Waals surface area contributed by atoms with Gasteiger partial charge in [0.1, 0.15) is 23.2 Å². The highest BCUT2D eigenvalue weighted by Gasteiger charge is 2.28. The fourth-order valence-corrected chi connectivity index (χ4v) is 3.33. The summed E-state index contributed by atoms with van der Waals surface area (Å²) in [5.74, 6) is -3.70. The maximum Gasteiger partial charge on any atom is 0.257 e. The van der Waals surface area contributed by atoms with Gasteiger partial charge in [-0.1, -0.05) is 32.0 Å². The lowest BCUT2D eigenvalue weighted by atomic mass is 10.0. The van der Waals surface area contributed by atoms with Crippen LogP contribution in [0, 0.1) is 17.6 Å². The van der Waals surface area contributed by atoms with Gasteiger partial charge in [0.05, 0.1) is 24.6 Å². The molecule has 0 bridgehead atoms. The topological polar surface area (TPSA) is 70.7 Å². The van der Waals surface area contributed by atoms with Crippen LogP contribution in [0.25, 0.3) is 0 Å². The molecule has 30 heavy (non-hydrogen) atoms. The number of nitrogens with zero attached hydrogens (tertiary/aromatic N) is 1. The predicted molar refractivity (Wildman–Crippen MR) is 111 cm³/mol. The Morgan fingerprint density at radius 1 is 1.00 bits per heavy atom. The molecule has 1 aliphatic rings. The number of benzene rings is 2. The highest BCUT2D eigenvalue weighted by Crippen LogP contribution is 2.27. The van der Waals surface area contributed by atoms with E-state index in [2.05, 4.69) is 15.5 Å². The zero-order chi connectivity index (χ0) is 21.7. The molecule has 1 saturated heterocycles. The van der Waals surface area contributed by atoms with Gasteiger partial charge in [0.2, 0.25) is 5.91 Å². The van der Waals surface area contributed by atoms with Crippen molar-refractivity contribution in [3.63, 3.8) is 0 Å². The predicted octanol–water partition coefficient (Wildman–Crippen LogP) is 3.19. The number of hydrogen-bond donors (Lipinski definition) is 2. The van der Waals surface area contributed by atoms with Crippen molar-refractivity contribution < 1.29 is 23.1 Å². The van der Waals surface area contributed by atoms with Gasteiger partial charge in [-0.25, -0.2) is 8.78 Å². The number of morpholine rings is 1. The van der Waals surface area contributed by atoms with Gasteiger partial charge in [0, 0.05) is 13.1 Å². The van der Waals surface area contributed by atoms with Gasteiger partial charge in [0.25, 0.3) is 5.91 Å². The third kappa shape index (κ3) is 4.94. The van der Waals surface area contributed by atoms with Crippen LogP contribution in [0.1, 0.15) is 24.2 Å². The van der Waals surface area contributed by atoms with Gasteiger partial charge in [-0.2, -0.15) is 0 Å². The van der Waals surface area contributed by atoms with Crippen molar-refractivity contribution in [1.82, 2.24) is 5.32 Å². The first kappa shape index (κ1) is 21.7. The Morgan fingerprint density at radius 2 is 1.63 bits per heavy atom. The van der Waals surface area contributed by atoms with Crippen LogP contribution in [0.15, 0.2) is 42.5 Å². The molecule has 3 rings (SSSR count). The third-order valence-corrected chi connectivity index (χ3v) is 4.94. The minimum Gasteiger partial charge on any atom is -0.378 e. The summed E-state index contributed by atoms with van der Waals surface area (Å²) >= 11 is 0. The number of halogens is 2. The molecule has 8 heteroatoms. The lowest BCUT2D eigenvalue weighted by Crippen LogP contribution is -2.47. The maximum absolute atomic E-state index is 13.9. The van der Waals surface area contributed by atoms with E-state index in [1.54, 1.807) is 26.0 Å². The first-order chi connectivity index (χ1) is 14.4. The van der Waals surface area contributed by atoms with Crippen molar-refractivity contribution in [2.45, 2.75) is 19.9 Å². The van der Waals surface area contributed by atoms with E-state index in [9.17, 15) is 18.4 Å². The SMILES string of the molecule is CC(C)[C@@H](NC(=O)c1c(F)cccc1F)C(=O)Nc1ccccc1N1CCOCC1. The van der Waals surface area contributed by atoms with Crippen LogP contribution in [0.3, 0.4) is 0 Å². The fraction of sp³-hybridized carbons (Fsp3) is 0.364. The summed E-state index contributed by atoms with van der Waals surface area (Å²) in [6.45, 7) is 6.09. The monoisotopic (exact) mass is 417 g/mol. The molecule has 0 saturated carbocycles. The summed E-state index contributed by atoms with van der Waals surface area (Å²) in [5.41, 5.74) is 0.745. The molecule has 1 heterocycles. The maximum atomic E-state index is 13.9. The largest absolute Gasteiger partial charge is 0.378 e. The summed E-state index contributed by atoms with van der Waals surface area (Å²) in [5, 5.41) is 5.32. The molecule has 2 aromatic carbocycles. The molecule has 1 aliphatic heterocycles. The molecule has 2 aromatic rings. The van der Waals surface area contributed by atoms with Gasteiger partial charge in [-0.3, -0.25) is 9.59 Å². The van der Waals surface area contributed by atoms with E-state index >= 15 is 0 Å². The van der Waals surface area contributed by atoms with Crippen LogP contribution in [-0.4, -0.2) is 44.2 Å². The number of rotatable bonds is 6. The standard InChI is InChI=1S/C22H25F2N3O3/c1-14(2)20(26-21(28)19-15(23)6-5-7-16(19)24)22(29)25-17-8-3-4-9-18(17)27-10-12-30-13-11-27/h3-9,14,20H,10-13H2,1-2H3,(H,25,29)(H,26,28)/t20-/m1/s1. The van der Waals surface area contributed by atoms with E-state index in [1.807, 2.05) is 12.1 Å². The number of carbonyl (C=O) groups is 2. The van der Waals surface area contributed by atoms with Crippen LogP contribution in [0.5, 0.6) is 0 Å². The summed E-state index contributed by atoms with van der Waals surface area (Å²) in [6.07, 6.45) is 0. The fourth-order valence-electron chi connectivity index (χ4n) is 3.33. The molecular formula is C22H25F2N3O3. The lowest BCUT2D eigenvalue weighted by molar-refractivity contribution is -0.118. The van der Waals surface area contributed by atoms with Crippen molar-refractivity contribution in [2.75, 3.05) is 36.5 Å². The first-order valence-corrected chi connectivity index (χ1v) is 9.86. The summed E-state index contributed by atoms with van der Waals surface area (Å²) in [6, 6.07) is 9.56. The van der Waals surface area contributed by atoms with Crippen LogP contribution < -0.4 is 15.5 Å². The number of anilines is 2. The second kappa shape index (κ2) is 9.67. The summed E-state index contributed by atoms with van der Waals surface area (Å²) in [7, 11) is 0. The van der Waals surface area contributed by atoms with E-state index in [-0.39, 0.29) is 5.92 Å². The zero-order valence-corrected chi connectivity index (χ0v) is 17.0. The molecule has 1 atom stereocenters. The molecular weight excluding hydrogens is 392 g/mol. The van der Waals surface area contributed by atoms with Crippen LogP contribution in [-0.2, 0) is 9.53 Å². The molecule has 0 spiro atoms. The summed E-state index contributed by atoms with van der Waals surface area (Å²) in [4.78, 5) is 27.6. The van der Waals surface area contributed by atoms with Gasteiger partial charge < -0.3 is 20.3 Å². The molecule has 160 valence electrons. The zero-order valence-electron chi connectivity index (χ0n) is 17.0. The van der Waals surface area contributed by atoms with Gasteiger partial charge in [-0.15, -0.1) is 0 Å². The van der Waals surface area contributed by atoms with Crippen molar-refractivity contribution in [3.8, 4) is 0 Å². The molecule has 6 nitrogen and oxygen atoms in total. The van der Waals surface area contributed by atoms with Gasteiger partial charge in [-0.05, 0) is 30.2 Å². The normalized spacial score (nSPS) is 15.0. The van der Waals surface area contributed by atoms with E-state index in [1.165, 1.54) is 6.07 Å². The second-order valence-corrected chi connectivity index (χ2v) is 7.40. The number of carbonyl (C=O) groups excluding carboxylic acids is 2. The average molecular weight is 417 g/mol. The molecule has 1 fully saturated rings. The van der Waals surface area contributed by atoms with Crippen molar-refractivity contribution in [2.24, 2.45) is 5.92 Å². The van der Waals surface area contributed by atoms with E-state index in [0.717, 1.165) is 17.8 Å². The minimum atomic E-state index is -0.979. The van der Waals surface area contributed by atoms with E-state index in [4.69, 9.17) is 4.74 Å². The Bertz CT molecular complexity index is 894. The molecule has 0 aromatic heterocycles. The smallest absolute Gasteiger partial charge is 0.257 e. The quantitative estimate of drug-likeness (QED) is 0.757. The van der Waals surface area contributed by atoms with Crippen LogP contribution in [0.2, 0.25) is 0 Å². The van der Waals surface area contributed by atoms with Crippen molar-refractivity contribution >= 4 is 23.2 Å². The third-order valence-electron chi connectivity index (χ3n) is 4.94. The van der Waals surface area contributed by atoms with Gasteiger partial charge >= 0.3 is 0 Å². The number of para-hydroxylation sites is 2. The number of hydrogen-bond acceptors (Lipinski definition) is 4. The highest BCUT2D eigenvalue weighted by molar-refractivity contribution is 6.02. The molecule has 0 aliphatic carbocycles. The Labute approximate surface area is 174 Å². The molecule has 0 unspecified atom stereocenters. The Morgan fingerprint density at radius 3 is 2.27 bits per heavy atom. The minimum absolute atomic E-state index is 0.306. The molecule has 2 amide bonds. The highest BCUT2D eigenvalue weighted by atomic mass is 19.1. The first-order valence-electron chi connectivity index (χ1n) is 9.86. The van der Waals surface area contributed by atoms with Crippen LogP contribution >= 0.6 is 0 Å². The Hall–Kier alpha value is -3.00. The molecule has 2 N–H and O–H groups in total. The number of nitrogens with one attached hydrogen (secondary N) is 2. The van der Waals surface area contributed by atoms with E-state index in [0.29, 0.717) is 32.0 Å². The Balaban J connectivity index is 1.78. The van der Waals surface area contributed by atoms with Gasteiger partial charge in [0.15, 0.2) is 0 Å². The van der Waals surface area contributed by atoms with Crippen molar-refractivity contribution in [3.05, 3.63) is 59.7 Å². The lowest BCUT2D eigenvalue weighted by Gasteiger charge is -2.31.